The van der Waals surface area contributed by atoms with Crippen LogP contribution in [0.25, 0.3) is 0 Å². The summed E-state index contributed by atoms with van der Waals surface area (Å²) in [6.45, 7) is 5.44. The fraction of sp³-hybridized carbons (Fsp3) is 0.364. The first kappa shape index (κ1) is 26.2. The lowest BCUT2D eigenvalue weighted by atomic mass is 10.2. The normalized spacial score (nSPS) is 11.7. The van der Waals surface area contributed by atoms with Crippen molar-refractivity contribution in [2.24, 2.45) is 10.2 Å². The van der Waals surface area contributed by atoms with E-state index in [0.29, 0.717) is 35.5 Å². The number of azo groups is 1. The van der Waals surface area contributed by atoms with Crippen molar-refractivity contribution < 1.29 is 28.5 Å². The summed E-state index contributed by atoms with van der Waals surface area (Å²) in [6.07, 6.45) is 0. The molecular formula is C22H25Cl2N3O6. The Hall–Kier alpha value is -3.04. The smallest absolute Gasteiger partial charge is 0.276 e. The van der Waals surface area contributed by atoms with Crippen LogP contribution >= 0.6 is 23.4 Å². The highest BCUT2D eigenvalue weighted by molar-refractivity contribution is 6.40. The molecule has 0 saturated heterocycles. The summed E-state index contributed by atoms with van der Waals surface area (Å²) in [4.78, 5) is 25.5. The second-order valence-electron chi connectivity index (χ2n) is 6.48. The van der Waals surface area contributed by atoms with Crippen LogP contribution in [0.4, 0.5) is 11.4 Å². The van der Waals surface area contributed by atoms with Gasteiger partial charge < -0.3 is 18.9 Å². The number of methoxy groups -OCH3 is 2. The molecule has 1 unspecified atom stereocenters. The van der Waals surface area contributed by atoms with E-state index < -0.39 is 17.7 Å². The van der Waals surface area contributed by atoms with Gasteiger partial charge in [-0.25, -0.2) is 4.42 Å². The number of rotatable bonds is 11. The van der Waals surface area contributed by atoms with Crippen molar-refractivity contribution in [3.05, 3.63) is 35.4 Å². The number of carbonyl (C=O) groups is 2. The van der Waals surface area contributed by atoms with Crippen LogP contribution in [0.15, 0.2) is 40.6 Å². The Kier molecular flexibility index (Phi) is 9.74. The first-order chi connectivity index (χ1) is 15.8. The predicted molar refractivity (Wildman–Crippen MR) is 126 cm³/mol. The molecule has 178 valence electrons. The van der Waals surface area contributed by atoms with Crippen LogP contribution in [0.3, 0.4) is 0 Å². The van der Waals surface area contributed by atoms with Crippen molar-refractivity contribution in [2.45, 2.75) is 26.8 Å². The number of anilines is 1. The quantitative estimate of drug-likeness (QED) is 0.234. The Balaban J connectivity index is 2.47. The number of para-hydroxylation sites is 1. The van der Waals surface area contributed by atoms with Crippen LogP contribution in [-0.4, -0.2) is 45.2 Å². The summed E-state index contributed by atoms with van der Waals surface area (Å²) in [5.41, 5.74) is 0.336. The van der Waals surface area contributed by atoms with E-state index in [2.05, 4.69) is 10.2 Å². The lowest BCUT2D eigenvalue weighted by Crippen LogP contribution is -2.36. The fourth-order valence-electron chi connectivity index (χ4n) is 2.87. The van der Waals surface area contributed by atoms with Gasteiger partial charge in [-0.05, 0) is 39.0 Å². The molecule has 1 atom stereocenters. The SMILES string of the molecule is CCOc1cccc(OCC)c1N(Cl)C(=O)C(N=Nc1cc(Cl)cc(OC)c1OC)C(C)=O. The number of ketones is 1. The molecule has 0 saturated carbocycles. The summed E-state index contributed by atoms with van der Waals surface area (Å²) in [5.74, 6) is -0.234. The van der Waals surface area contributed by atoms with Gasteiger partial charge in [0.05, 0.1) is 27.4 Å². The van der Waals surface area contributed by atoms with Gasteiger partial charge in [0.2, 0.25) is 6.04 Å². The number of hydrogen-bond donors (Lipinski definition) is 0. The number of carbonyl (C=O) groups excluding carboxylic acids is 2. The second-order valence-corrected chi connectivity index (χ2v) is 7.25. The van der Waals surface area contributed by atoms with Gasteiger partial charge in [0, 0.05) is 22.9 Å². The van der Waals surface area contributed by atoms with Crippen molar-refractivity contribution in [1.29, 1.82) is 0 Å². The number of nitrogens with zero attached hydrogens (tertiary/aromatic N) is 3. The molecule has 0 fully saturated rings. The van der Waals surface area contributed by atoms with Gasteiger partial charge in [-0.1, -0.05) is 17.7 Å². The number of hydrogen-bond acceptors (Lipinski definition) is 8. The number of Topliss-reactive ketones (excluding diaryl/α,β-unsaturated/α-hetero) is 1. The van der Waals surface area contributed by atoms with E-state index >= 15 is 0 Å². The molecule has 0 spiro atoms. The predicted octanol–water partition coefficient (Wildman–Crippen LogP) is 5.38. The van der Waals surface area contributed by atoms with Crippen molar-refractivity contribution in [3.8, 4) is 23.0 Å². The van der Waals surface area contributed by atoms with Crippen LogP contribution < -0.4 is 23.4 Å². The summed E-state index contributed by atoms with van der Waals surface area (Å²) in [6, 6.07) is 6.43. The van der Waals surface area contributed by atoms with Crippen molar-refractivity contribution in [1.82, 2.24) is 0 Å². The molecule has 11 heteroatoms. The summed E-state index contributed by atoms with van der Waals surface area (Å²) in [7, 11) is 2.85. The fourth-order valence-corrected chi connectivity index (χ4v) is 3.33. The summed E-state index contributed by atoms with van der Waals surface area (Å²) in [5, 5.41) is 8.27. The van der Waals surface area contributed by atoms with Crippen LogP contribution in [0.5, 0.6) is 23.0 Å². The largest absolute Gasteiger partial charge is 0.493 e. The van der Waals surface area contributed by atoms with E-state index in [9.17, 15) is 9.59 Å². The first-order valence-corrected chi connectivity index (χ1v) is 10.7. The molecule has 1 amide bonds. The maximum Gasteiger partial charge on any atom is 0.276 e. The zero-order valence-electron chi connectivity index (χ0n) is 18.9. The second kappa shape index (κ2) is 12.3. The third kappa shape index (κ3) is 6.27. The molecule has 2 aromatic rings. The monoisotopic (exact) mass is 497 g/mol. The molecule has 0 aliphatic carbocycles. The van der Waals surface area contributed by atoms with Crippen molar-refractivity contribution in [2.75, 3.05) is 31.9 Å². The number of benzene rings is 2. The number of amides is 1. The molecule has 33 heavy (non-hydrogen) atoms. The molecule has 0 N–H and O–H groups in total. The summed E-state index contributed by atoms with van der Waals surface area (Å²) < 4.78 is 22.5. The molecule has 9 nitrogen and oxygen atoms in total. The molecule has 0 radical (unpaired) electrons. The van der Waals surface area contributed by atoms with Crippen LogP contribution in [0.1, 0.15) is 20.8 Å². The van der Waals surface area contributed by atoms with Crippen molar-refractivity contribution in [3.63, 3.8) is 0 Å². The van der Waals surface area contributed by atoms with Gasteiger partial charge in [-0.2, -0.15) is 10.2 Å². The number of halogens is 2. The zero-order valence-corrected chi connectivity index (χ0v) is 20.4. The van der Waals surface area contributed by atoms with Gasteiger partial charge in [-0.3, -0.25) is 9.59 Å². The maximum absolute atomic E-state index is 13.2. The van der Waals surface area contributed by atoms with E-state index in [1.165, 1.54) is 33.3 Å². The number of ether oxygens (including phenoxy) is 4. The Labute approximate surface area is 202 Å². The van der Waals surface area contributed by atoms with Gasteiger partial charge in [-0.15, -0.1) is 0 Å². The van der Waals surface area contributed by atoms with Crippen LogP contribution in [0.2, 0.25) is 5.02 Å². The van der Waals surface area contributed by atoms with Gasteiger partial charge >= 0.3 is 0 Å². The Morgan fingerprint density at radius 2 is 1.64 bits per heavy atom. The highest BCUT2D eigenvalue weighted by atomic mass is 35.5. The minimum Gasteiger partial charge on any atom is -0.493 e. The van der Waals surface area contributed by atoms with Crippen LogP contribution in [0, 0.1) is 0 Å². The molecule has 2 aromatic carbocycles. The van der Waals surface area contributed by atoms with E-state index in [0.717, 1.165) is 4.42 Å². The minimum atomic E-state index is -1.54. The standard InChI is InChI=1S/C22H25Cl2N3O6/c1-6-32-16-9-8-10-17(33-7-2)20(16)27(24)22(29)19(13(3)28)26-25-15-11-14(23)12-18(30-4)21(15)31-5/h8-12,19H,6-7H2,1-5H3. The third-order valence-electron chi connectivity index (χ3n) is 4.28. The molecular weight excluding hydrogens is 473 g/mol. The Morgan fingerprint density at radius 3 is 2.12 bits per heavy atom. The van der Waals surface area contributed by atoms with E-state index in [4.69, 9.17) is 42.3 Å². The Bertz CT molecular complexity index is 1010. The lowest BCUT2D eigenvalue weighted by Gasteiger charge is -2.22. The van der Waals surface area contributed by atoms with E-state index in [1.807, 2.05) is 0 Å². The summed E-state index contributed by atoms with van der Waals surface area (Å²) >= 11 is 12.5. The highest BCUT2D eigenvalue weighted by Crippen LogP contribution is 2.41. The van der Waals surface area contributed by atoms with Gasteiger partial charge in [0.1, 0.15) is 22.9 Å². The maximum atomic E-state index is 13.2. The molecule has 0 aliphatic heterocycles. The van der Waals surface area contributed by atoms with E-state index in [-0.39, 0.29) is 17.1 Å². The van der Waals surface area contributed by atoms with Gasteiger partial charge in [0.25, 0.3) is 5.91 Å². The molecule has 0 heterocycles. The van der Waals surface area contributed by atoms with Gasteiger partial charge in [0.15, 0.2) is 17.3 Å². The Morgan fingerprint density at radius 1 is 1.03 bits per heavy atom. The molecule has 0 bridgehead atoms. The average molecular weight is 498 g/mol. The first-order valence-electron chi connectivity index (χ1n) is 10.00. The molecule has 0 aromatic heterocycles. The van der Waals surface area contributed by atoms with Crippen molar-refractivity contribution >= 4 is 46.4 Å². The van der Waals surface area contributed by atoms with E-state index in [1.54, 1.807) is 32.0 Å². The lowest BCUT2D eigenvalue weighted by molar-refractivity contribution is -0.126. The third-order valence-corrected chi connectivity index (χ3v) is 4.83. The van der Waals surface area contributed by atoms with Crippen LogP contribution in [-0.2, 0) is 9.59 Å². The average Bonchev–Trinajstić information content (AvgIpc) is 2.78. The topological polar surface area (TPSA) is 99.0 Å². The zero-order chi connectivity index (χ0) is 24.5. The highest BCUT2D eigenvalue weighted by Gasteiger charge is 2.32. The molecule has 2 rings (SSSR count). The molecule has 0 aliphatic rings. The minimum absolute atomic E-state index is 0.163.